The Kier molecular flexibility index (Phi) is 5.76. The first-order valence-corrected chi connectivity index (χ1v) is 10.2. The molecule has 0 bridgehead atoms. The van der Waals surface area contributed by atoms with Crippen LogP contribution >= 0.6 is 0 Å². The molecule has 0 aliphatic carbocycles. The van der Waals surface area contributed by atoms with E-state index < -0.39 is 0 Å². The highest BCUT2D eigenvalue weighted by molar-refractivity contribution is 5.49. The molecule has 0 amide bonds. The van der Waals surface area contributed by atoms with Gasteiger partial charge in [-0.2, -0.15) is 0 Å². The van der Waals surface area contributed by atoms with Crippen molar-refractivity contribution in [2.75, 3.05) is 12.4 Å². The fourth-order valence-electron chi connectivity index (χ4n) is 4.11. The van der Waals surface area contributed by atoms with E-state index in [1.807, 2.05) is 7.05 Å². The molecule has 0 aliphatic rings. The van der Waals surface area contributed by atoms with Gasteiger partial charge in [0.05, 0.1) is 0 Å². The van der Waals surface area contributed by atoms with Crippen molar-refractivity contribution in [2.24, 2.45) is 0 Å². The van der Waals surface area contributed by atoms with E-state index in [2.05, 4.69) is 121 Å². The second-order valence-electron chi connectivity index (χ2n) is 7.56. The lowest BCUT2D eigenvalue weighted by Crippen LogP contribution is -2.15. The molecule has 0 saturated carbocycles. The maximum absolute atomic E-state index is 3.23. The highest BCUT2D eigenvalue weighted by Crippen LogP contribution is 2.43. The lowest BCUT2D eigenvalue weighted by atomic mass is 9.73. The fourth-order valence-corrected chi connectivity index (χ4v) is 4.11. The van der Waals surface area contributed by atoms with Crippen LogP contribution in [0, 0.1) is 6.92 Å². The maximum atomic E-state index is 3.23. The third kappa shape index (κ3) is 4.25. The quantitative estimate of drug-likeness (QED) is 0.381. The molecule has 0 aromatic heterocycles. The van der Waals surface area contributed by atoms with Gasteiger partial charge in [0.15, 0.2) is 0 Å². The Labute approximate surface area is 174 Å². The van der Waals surface area contributed by atoms with E-state index in [0.717, 1.165) is 5.69 Å². The molecule has 1 heteroatoms. The first kappa shape index (κ1) is 19.0. The molecule has 4 aromatic rings. The van der Waals surface area contributed by atoms with Crippen molar-refractivity contribution >= 4 is 5.69 Å². The van der Waals surface area contributed by atoms with Crippen LogP contribution in [0.1, 0.15) is 39.7 Å². The Hall–Kier alpha value is -3.32. The van der Waals surface area contributed by atoms with Crippen LogP contribution in [0.4, 0.5) is 5.69 Å². The molecule has 1 N–H and O–H groups in total. The highest BCUT2D eigenvalue weighted by Gasteiger charge is 2.28. The predicted molar refractivity (Wildman–Crippen MR) is 124 cm³/mol. The second kappa shape index (κ2) is 8.79. The van der Waals surface area contributed by atoms with E-state index >= 15 is 0 Å². The van der Waals surface area contributed by atoms with Crippen LogP contribution < -0.4 is 5.32 Å². The third-order valence-electron chi connectivity index (χ3n) is 5.65. The highest BCUT2D eigenvalue weighted by atomic mass is 14.8. The lowest BCUT2D eigenvalue weighted by molar-refractivity contribution is 0.694. The van der Waals surface area contributed by atoms with Gasteiger partial charge in [0.1, 0.15) is 0 Å². The zero-order chi connectivity index (χ0) is 20.1. The molecule has 0 aliphatic heterocycles. The molecule has 4 aromatic carbocycles. The van der Waals surface area contributed by atoms with Crippen molar-refractivity contribution in [1.82, 2.24) is 0 Å². The van der Waals surface area contributed by atoms with E-state index in [1.165, 1.54) is 27.8 Å². The Balaban J connectivity index is 1.91. The summed E-state index contributed by atoms with van der Waals surface area (Å²) in [5, 5.41) is 3.23. The van der Waals surface area contributed by atoms with Gasteiger partial charge in [0.25, 0.3) is 0 Å². The Morgan fingerprint density at radius 3 is 1.28 bits per heavy atom. The zero-order valence-electron chi connectivity index (χ0n) is 17.0. The predicted octanol–water partition coefficient (Wildman–Crippen LogP) is 7.00. The SMILES string of the molecule is CNc1ccc(C(c2ccc(C)cc2)C(c2ccccc2)c2ccccc2)cc1. The molecule has 0 saturated heterocycles. The maximum Gasteiger partial charge on any atom is 0.0337 e. The van der Waals surface area contributed by atoms with Crippen molar-refractivity contribution in [3.63, 3.8) is 0 Å². The van der Waals surface area contributed by atoms with Gasteiger partial charge in [-0.3, -0.25) is 0 Å². The molecule has 1 unspecified atom stereocenters. The number of hydrogen-bond acceptors (Lipinski definition) is 1. The van der Waals surface area contributed by atoms with E-state index in [4.69, 9.17) is 0 Å². The summed E-state index contributed by atoms with van der Waals surface area (Å²) >= 11 is 0. The van der Waals surface area contributed by atoms with Gasteiger partial charge in [0, 0.05) is 24.6 Å². The van der Waals surface area contributed by atoms with Crippen molar-refractivity contribution < 1.29 is 0 Å². The largest absolute Gasteiger partial charge is 0.388 e. The second-order valence-corrected chi connectivity index (χ2v) is 7.56. The van der Waals surface area contributed by atoms with Gasteiger partial charge < -0.3 is 5.32 Å². The Morgan fingerprint density at radius 2 is 0.862 bits per heavy atom. The zero-order valence-corrected chi connectivity index (χ0v) is 17.0. The summed E-state index contributed by atoms with van der Waals surface area (Å²) in [6, 6.07) is 39.6. The standard InChI is InChI=1S/C28H27N/c1-21-13-15-24(16-14-21)28(25-17-19-26(29-2)20-18-25)27(22-9-5-3-6-10-22)23-11-7-4-8-12-23/h3-20,27-29H,1-2H3. The molecule has 0 fully saturated rings. The van der Waals surface area contributed by atoms with Crippen LogP contribution in [0.2, 0.25) is 0 Å². The Morgan fingerprint density at radius 1 is 0.483 bits per heavy atom. The number of rotatable bonds is 6. The van der Waals surface area contributed by atoms with Crippen LogP contribution in [-0.4, -0.2) is 7.05 Å². The van der Waals surface area contributed by atoms with Crippen molar-refractivity contribution in [1.29, 1.82) is 0 Å². The number of benzene rings is 4. The van der Waals surface area contributed by atoms with Gasteiger partial charge in [-0.15, -0.1) is 0 Å². The third-order valence-corrected chi connectivity index (χ3v) is 5.65. The number of nitrogens with one attached hydrogen (secondary N) is 1. The minimum Gasteiger partial charge on any atom is -0.388 e. The topological polar surface area (TPSA) is 12.0 Å². The van der Waals surface area contributed by atoms with E-state index in [1.54, 1.807) is 0 Å². The van der Waals surface area contributed by atoms with Crippen LogP contribution in [0.25, 0.3) is 0 Å². The summed E-state index contributed by atoms with van der Waals surface area (Å²) in [7, 11) is 1.96. The van der Waals surface area contributed by atoms with Crippen LogP contribution in [0.5, 0.6) is 0 Å². The first-order valence-electron chi connectivity index (χ1n) is 10.2. The minimum atomic E-state index is 0.228. The summed E-state index contributed by atoms with van der Waals surface area (Å²) in [5.41, 5.74) is 7.75. The number of hydrogen-bond donors (Lipinski definition) is 1. The molecular formula is C28H27N. The average Bonchev–Trinajstić information content (AvgIpc) is 2.79. The van der Waals surface area contributed by atoms with Crippen molar-refractivity contribution in [3.8, 4) is 0 Å². The van der Waals surface area contributed by atoms with Gasteiger partial charge in [-0.05, 0) is 41.3 Å². The molecule has 0 heterocycles. The molecule has 0 radical (unpaired) electrons. The average molecular weight is 378 g/mol. The molecule has 4 rings (SSSR count). The first-order chi connectivity index (χ1) is 14.3. The summed E-state index contributed by atoms with van der Waals surface area (Å²) < 4.78 is 0. The smallest absolute Gasteiger partial charge is 0.0337 e. The Bertz CT molecular complexity index is 980. The van der Waals surface area contributed by atoms with Crippen molar-refractivity contribution in [2.45, 2.75) is 18.8 Å². The van der Waals surface area contributed by atoms with Gasteiger partial charge in [-0.1, -0.05) is 103 Å². The molecule has 29 heavy (non-hydrogen) atoms. The van der Waals surface area contributed by atoms with Gasteiger partial charge in [-0.25, -0.2) is 0 Å². The van der Waals surface area contributed by atoms with Crippen LogP contribution in [0.15, 0.2) is 109 Å². The van der Waals surface area contributed by atoms with Gasteiger partial charge >= 0.3 is 0 Å². The summed E-state index contributed by atoms with van der Waals surface area (Å²) in [4.78, 5) is 0. The van der Waals surface area contributed by atoms with Gasteiger partial charge in [0.2, 0.25) is 0 Å². The molecule has 144 valence electrons. The van der Waals surface area contributed by atoms with Crippen LogP contribution in [0.3, 0.4) is 0 Å². The summed E-state index contributed by atoms with van der Waals surface area (Å²) in [5.74, 6) is 0.465. The number of aryl methyl sites for hydroxylation is 1. The number of anilines is 1. The summed E-state index contributed by atoms with van der Waals surface area (Å²) in [6.07, 6.45) is 0. The summed E-state index contributed by atoms with van der Waals surface area (Å²) in [6.45, 7) is 2.15. The molecule has 1 atom stereocenters. The van der Waals surface area contributed by atoms with E-state index in [-0.39, 0.29) is 11.8 Å². The monoisotopic (exact) mass is 377 g/mol. The molecular weight excluding hydrogens is 350 g/mol. The molecule has 0 spiro atoms. The minimum absolute atomic E-state index is 0.228. The van der Waals surface area contributed by atoms with E-state index in [0.29, 0.717) is 0 Å². The van der Waals surface area contributed by atoms with Crippen molar-refractivity contribution in [3.05, 3.63) is 137 Å². The lowest BCUT2D eigenvalue weighted by Gasteiger charge is -2.29. The van der Waals surface area contributed by atoms with Crippen LogP contribution in [-0.2, 0) is 0 Å². The molecule has 1 nitrogen and oxygen atoms in total. The normalized spacial score (nSPS) is 12.0. The van der Waals surface area contributed by atoms with E-state index in [9.17, 15) is 0 Å². The fraction of sp³-hybridized carbons (Fsp3) is 0.143.